The SMILES string of the molecule is CC(=O)Nc1ccc(F)c(C(=O)NC2(C(=O)O)CCCCCC2)c1. The smallest absolute Gasteiger partial charge is 0.329 e. The van der Waals surface area contributed by atoms with Gasteiger partial charge in [-0.2, -0.15) is 0 Å². The molecule has 24 heavy (non-hydrogen) atoms. The maximum atomic E-state index is 14.0. The molecule has 1 aliphatic carbocycles. The van der Waals surface area contributed by atoms with Gasteiger partial charge in [0.25, 0.3) is 5.91 Å². The summed E-state index contributed by atoms with van der Waals surface area (Å²) in [6.45, 7) is 1.30. The van der Waals surface area contributed by atoms with Crippen molar-refractivity contribution in [3.63, 3.8) is 0 Å². The van der Waals surface area contributed by atoms with Crippen LogP contribution in [0.4, 0.5) is 10.1 Å². The molecule has 0 saturated heterocycles. The van der Waals surface area contributed by atoms with E-state index in [0.717, 1.165) is 18.9 Å². The fourth-order valence-corrected chi connectivity index (χ4v) is 2.99. The van der Waals surface area contributed by atoms with Gasteiger partial charge in [-0.3, -0.25) is 9.59 Å². The van der Waals surface area contributed by atoms with E-state index in [9.17, 15) is 23.9 Å². The molecule has 0 aliphatic heterocycles. The summed E-state index contributed by atoms with van der Waals surface area (Å²) in [6, 6.07) is 3.62. The Morgan fingerprint density at radius 3 is 2.29 bits per heavy atom. The number of nitrogens with one attached hydrogen (secondary N) is 2. The number of benzene rings is 1. The molecule has 7 heteroatoms. The minimum Gasteiger partial charge on any atom is -0.480 e. The van der Waals surface area contributed by atoms with Crippen LogP contribution in [0.1, 0.15) is 55.8 Å². The molecule has 0 bridgehead atoms. The largest absolute Gasteiger partial charge is 0.480 e. The molecule has 0 radical (unpaired) electrons. The van der Waals surface area contributed by atoms with Crippen molar-refractivity contribution in [1.82, 2.24) is 5.32 Å². The van der Waals surface area contributed by atoms with Crippen molar-refractivity contribution in [2.45, 2.75) is 51.0 Å². The fourth-order valence-electron chi connectivity index (χ4n) is 2.99. The predicted octanol–water partition coefficient (Wildman–Crippen LogP) is 2.69. The summed E-state index contributed by atoms with van der Waals surface area (Å²) in [7, 11) is 0. The fraction of sp³-hybridized carbons (Fsp3) is 0.471. The van der Waals surface area contributed by atoms with Crippen LogP contribution in [0.3, 0.4) is 0 Å². The van der Waals surface area contributed by atoms with E-state index in [1.54, 1.807) is 0 Å². The first-order valence-electron chi connectivity index (χ1n) is 7.97. The van der Waals surface area contributed by atoms with Gasteiger partial charge in [0.2, 0.25) is 5.91 Å². The summed E-state index contributed by atoms with van der Waals surface area (Å²) in [5.74, 6) is -3.00. The number of hydrogen-bond acceptors (Lipinski definition) is 3. The third-order valence-corrected chi connectivity index (χ3v) is 4.25. The highest BCUT2D eigenvalue weighted by Crippen LogP contribution is 2.28. The Balaban J connectivity index is 2.26. The Hall–Kier alpha value is -2.44. The van der Waals surface area contributed by atoms with Gasteiger partial charge in [0.05, 0.1) is 5.56 Å². The second-order valence-electron chi connectivity index (χ2n) is 6.13. The van der Waals surface area contributed by atoms with Crippen LogP contribution in [0.5, 0.6) is 0 Å². The third-order valence-electron chi connectivity index (χ3n) is 4.25. The van der Waals surface area contributed by atoms with Crippen LogP contribution in [-0.2, 0) is 9.59 Å². The number of rotatable bonds is 4. The van der Waals surface area contributed by atoms with Crippen LogP contribution in [0.2, 0.25) is 0 Å². The summed E-state index contributed by atoms with van der Waals surface area (Å²) in [5, 5.41) is 14.6. The number of halogens is 1. The molecule has 2 amide bonds. The maximum Gasteiger partial charge on any atom is 0.329 e. The van der Waals surface area contributed by atoms with Crippen molar-refractivity contribution in [3.8, 4) is 0 Å². The molecule has 0 atom stereocenters. The quantitative estimate of drug-likeness (QED) is 0.737. The second-order valence-corrected chi connectivity index (χ2v) is 6.13. The molecular weight excluding hydrogens is 315 g/mol. The molecule has 2 rings (SSSR count). The van der Waals surface area contributed by atoms with E-state index in [1.807, 2.05) is 0 Å². The zero-order valence-corrected chi connectivity index (χ0v) is 13.5. The molecular formula is C17H21FN2O4. The first-order chi connectivity index (χ1) is 11.3. The summed E-state index contributed by atoms with van der Waals surface area (Å²) in [4.78, 5) is 35.3. The number of carbonyl (C=O) groups excluding carboxylic acids is 2. The van der Waals surface area contributed by atoms with E-state index >= 15 is 0 Å². The maximum absolute atomic E-state index is 14.0. The lowest BCUT2D eigenvalue weighted by Crippen LogP contribution is -2.54. The lowest BCUT2D eigenvalue weighted by Gasteiger charge is -2.29. The van der Waals surface area contributed by atoms with Crippen molar-refractivity contribution in [1.29, 1.82) is 0 Å². The number of carboxylic acid groups (broad SMARTS) is 1. The first kappa shape index (κ1) is 17.9. The van der Waals surface area contributed by atoms with Crippen LogP contribution < -0.4 is 10.6 Å². The van der Waals surface area contributed by atoms with E-state index in [1.165, 1.54) is 19.1 Å². The van der Waals surface area contributed by atoms with E-state index < -0.39 is 23.2 Å². The van der Waals surface area contributed by atoms with Crippen LogP contribution in [0.15, 0.2) is 18.2 Å². The highest BCUT2D eigenvalue weighted by Gasteiger charge is 2.40. The Morgan fingerprint density at radius 1 is 1.12 bits per heavy atom. The Bertz CT molecular complexity index is 652. The number of carbonyl (C=O) groups is 3. The van der Waals surface area contributed by atoms with Crippen molar-refractivity contribution < 1.29 is 23.9 Å². The van der Waals surface area contributed by atoms with Crippen molar-refractivity contribution in [3.05, 3.63) is 29.6 Å². The highest BCUT2D eigenvalue weighted by molar-refractivity contribution is 5.99. The Kier molecular flexibility index (Phi) is 5.54. The van der Waals surface area contributed by atoms with Gasteiger partial charge in [0.15, 0.2) is 0 Å². The van der Waals surface area contributed by atoms with Gasteiger partial charge in [-0.1, -0.05) is 25.7 Å². The van der Waals surface area contributed by atoms with Crippen LogP contribution >= 0.6 is 0 Å². The van der Waals surface area contributed by atoms with E-state index in [4.69, 9.17) is 0 Å². The predicted molar refractivity (Wildman–Crippen MR) is 86.2 cm³/mol. The number of anilines is 1. The van der Waals surface area contributed by atoms with Crippen molar-refractivity contribution in [2.75, 3.05) is 5.32 Å². The normalized spacial score (nSPS) is 16.8. The van der Waals surface area contributed by atoms with E-state index in [-0.39, 0.29) is 17.2 Å². The molecule has 3 N–H and O–H groups in total. The van der Waals surface area contributed by atoms with Gasteiger partial charge >= 0.3 is 5.97 Å². The minimum atomic E-state index is -1.37. The summed E-state index contributed by atoms with van der Waals surface area (Å²) < 4.78 is 14.0. The molecule has 0 spiro atoms. The van der Waals surface area contributed by atoms with Crippen LogP contribution in [-0.4, -0.2) is 28.4 Å². The van der Waals surface area contributed by atoms with Gasteiger partial charge in [-0.25, -0.2) is 9.18 Å². The molecule has 0 aromatic heterocycles. The van der Waals surface area contributed by atoms with Gasteiger partial charge < -0.3 is 15.7 Å². The number of amides is 2. The minimum absolute atomic E-state index is 0.277. The molecule has 0 heterocycles. The van der Waals surface area contributed by atoms with Gasteiger partial charge in [0.1, 0.15) is 11.4 Å². The molecule has 1 fully saturated rings. The molecule has 130 valence electrons. The summed E-state index contributed by atoms with van der Waals surface area (Å²) >= 11 is 0. The molecule has 1 aromatic carbocycles. The third kappa shape index (κ3) is 4.10. The van der Waals surface area contributed by atoms with Gasteiger partial charge in [0, 0.05) is 12.6 Å². The zero-order chi connectivity index (χ0) is 17.7. The molecule has 0 unspecified atom stereocenters. The lowest BCUT2D eigenvalue weighted by molar-refractivity contribution is -0.145. The summed E-state index contributed by atoms with van der Waals surface area (Å²) in [5.41, 5.74) is -1.38. The monoisotopic (exact) mass is 336 g/mol. The zero-order valence-electron chi connectivity index (χ0n) is 13.5. The molecule has 1 saturated carbocycles. The van der Waals surface area contributed by atoms with E-state index in [2.05, 4.69) is 10.6 Å². The number of aliphatic carboxylic acids is 1. The molecule has 1 aromatic rings. The van der Waals surface area contributed by atoms with Crippen LogP contribution in [0.25, 0.3) is 0 Å². The summed E-state index contributed by atoms with van der Waals surface area (Å²) in [6.07, 6.45) is 3.86. The standard InChI is InChI=1S/C17H21FN2O4/c1-11(21)19-12-6-7-14(18)13(10-12)15(22)20-17(16(23)24)8-4-2-3-5-9-17/h6-7,10H,2-5,8-9H2,1H3,(H,19,21)(H,20,22)(H,23,24). The highest BCUT2D eigenvalue weighted by atomic mass is 19.1. The van der Waals surface area contributed by atoms with Crippen molar-refractivity contribution in [2.24, 2.45) is 0 Å². The molecule has 1 aliphatic rings. The Morgan fingerprint density at radius 2 is 1.75 bits per heavy atom. The van der Waals surface area contributed by atoms with Crippen LogP contribution in [0, 0.1) is 5.82 Å². The number of hydrogen-bond donors (Lipinski definition) is 3. The van der Waals surface area contributed by atoms with Gasteiger partial charge in [-0.15, -0.1) is 0 Å². The topological polar surface area (TPSA) is 95.5 Å². The number of carboxylic acids is 1. The van der Waals surface area contributed by atoms with Crippen molar-refractivity contribution >= 4 is 23.5 Å². The Labute approximate surface area is 139 Å². The molecule has 6 nitrogen and oxygen atoms in total. The van der Waals surface area contributed by atoms with E-state index in [0.29, 0.717) is 25.7 Å². The average Bonchev–Trinajstić information content (AvgIpc) is 2.75. The average molecular weight is 336 g/mol. The lowest BCUT2D eigenvalue weighted by atomic mass is 9.89. The van der Waals surface area contributed by atoms with Gasteiger partial charge in [-0.05, 0) is 31.0 Å². The second kappa shape index (κ2) is 7.42. The first-order valence-corrected chi connectivity index (χ1v) is 7.97.